The van der Waals surface area contributed by atoms with Crippen LogP contribution in [-0.2, 0) is 10.8 Å². The second-order valence-electron chi connectivity index (χ2n) is 11.7. The van der Waals surface area contributed by atoms with Gasteiger partial charge in [0.2, 0.25) is 0 Å². The van der Waals surface area contributed by atoms with Crippen molar-refractivity contribution >= 4 is 11.9 Å². The number of benzene rings is 3. The van der Waals surface area contributed by atoms with Crippen LogP contribution in [0.15, 0.2) is 72.8 Å². The van der Waals surface area contributed by atoms with Crippen LogP contribution < -0.4 is 5.32 Å². The van der Waals surface area contributed by atoms with Crippen LogP contribution in [0.1, 0.15) is 73.5 Å². The molecule has 1 amide bonds. The minimum Gasteiger partial charge on any atom is -0.288 e. The van der Waals surface area contributed by atoms with Crippen LogP contribution >= 0.6 is 0 Å². The van der Waals surface area contributed by atoms with Crippen molar-refractivity contribution in [3.63, 3.8) is 0 Å². The Morgan fingerprint density at radius 3 is 2.03 bits per heavy atom. The zero-order valence-electron chi connectivity index (χ0n) is 21.7. The van der Waals surface area contributed by atoms with Crippen molar-refractivity contribution in [2.24, 2.45) is 11.8 Å². The number of rotatable bonds is 5. The quantitative estimate of drug-likeness (QED) is 0.333. The van der Waals surface area contributed by atoms with Crippen LogP contribution in [0.5, 0.6) is 0 Å². The molecule has 4 aromatic rings. The fourth-order valence-electron chi connectivity index (χ4n) is 6.63. The molecule has 1 aromatic heterocycles. The van der Waals surface area contributed by atoms with Gasteiger partial charge in [-0.15, -0.1) is 5.10 Å². The number of carbonyl (C=O) groups is 1. The molecule has 0 spiro atoms. The molecule has 3 atom stereocenters. The van der Waals surface area contributed by atoms with E-state index in [0.717, 1.165) is 5.92 Å². The van der Waals surface area contributed by atoms with E-state index < -0.39 is 0 Å². The van der Waals surface area contributed by atoms with E-state index in [1.807, 2.05) is 12.1 Å². The number of tetrazole rings is 1. The number of hydrogen-bond acceptors (Lipinski definition) is 4. The molecule has 2 bridgehead atoms. The second-order valence-corrected chi connectivity index (χ2v) is 11.7. The van der Waals surface area contributed by atoms with Gasteiger partial charge in [-0.25, -0.2) is 0 Å². The Balaban J connectivity index is 1.29. The van der Waals surface area contributed by atoms with Crippen LogP contribution in [0.25, 0.3) is 11.1 Å². The van der Waals surface area contributed by atoms with Crippen molar-refractivity contribution in [3.8, 4) is 11.1 Å². The molecule has 0 saturated heterocycles. The topological polar surface area (TPSA) is 83.6 Å². The van der Waals surface area contributed by atoms with Crippen LogP contribution in [0.3, 0.4) is 0 Å². The SMILES string of the molecule is CC(C)(C)c1ccc(-c2ccc(C3(c4ccc(C(=O)Nc5nn[nH]n5)cc4)CC4CCC3C4)cc2)cc1. The Morgan fingerprint density at radius 2 is 1.51 bits per heavy atom. The van der Waals surface area contributed by atoms with Gasteiger partial charge in [0.15, 0.2) is 0 Å². The lowest BCUT2D eigenvalue weighted by Crippen LogP contribution is -2.34. The summed E-state index contributed by atoms with van der Waals surface area (Å²) < 4.78 is 0. The van der Waals surface area contributed by atoms with E-state index in [1.54, 1.807) is 0 Å². The zero-order valence-corrected chi connectivity index (χ0v) is 21.7. The maximum atomic E-state index is 12.6. The fourth-order valence-corrected chi connectivity index (χ4v) is 6.63. The van der Waals surface area contributed by atoms with Gasteiger partial charge in [0.25, 0.3) is 11.9 Å². The smallest absolute Gasteiger partial charge is 0.270 e. The van der Waals surface area contributed by atoms with Gasteiger partial charge in [0.05, 0.1) is 0 Å². The fraction of sp³-hybridized carbons (Fsp3) is 0.355. The van der Waals surface area contributed by atoms with Crippen molar-refractivity contribution < 1.29 is 4.79 Å². The van der Waals surface area contributed by atoms with Gasteiger partial charge in [-0.3, -0.25) is 10.1 Å². The molecule has 3 unspecified atom stereocenters. The molecule has 188 valence electrons. The number of aromatic amines is 1. The Labute approximate surface area is 217 Å². The average molecular weight is 492 g/mol. The van der Waals surface area contributed by atoms with Crippen LogP contribution in [0.4, 0.5) is 5.95 Å². The van der Waals surface area contributed by atoms with Gasteiger partial charge < -0.3 is 0 Å². The standard InChI is InChI=1S/C31H33N5O/c1-30(2,3)24-12-5-21(6-13-24)22-7-14-25(15-8-22)31(19-20-4-11-27(31)18-20)26-16-9-23(10-17-26)28(37)32-29-33-35-36-34-29/h5-10,12-17,20,27H,4,11,18-19H2,1-3H3,(H2,32,33,34,35,36,37). The predicted molar refractivity (Wildman–Crippen MR) is 145 cm³/mol. The maximum absolute atomic E-state index is 12.6. The molecule has 6 heteroatoms. The summed E-state index contributed by atoms with van der Waals surface area (Å²) in [7, 11) is 0. The minimum absolute atomic E-state index is 0.000212. The van der Waals surface area contributed by atoms with Crippen molar-refractivity contribution in [3.05, 3.63) is 95.1 Å². The molecule has 2 aliphatic carbocycles. The van der Waals surface area contributed by atoms with Crippen molar-refractivity contribution in [2.45, 2.75) is 57.3 Å². The molecular weight excluding hydrogens is 458 g/mol. The van der Waals surface area contributed by atoms with Crippen LogP contribution in [0, 0.1) is 11.8 Å². The number of hydrogen-bond donors (Lipinski definition) is 2. The number of nitrogens with one attached hydrogen (secondary N) is 2. The Bertz CT molecular complexity index is 1390. The summed E-state index contributed by atoms with van der Waals surface area (Å²) in [5.74, 6) is 1.34. The summed E-state index contributed by atoms with van der Waals surface area (Å²) in [6, 6.07) is 26.3. The van der Waals surface area contributed by atoms with Crippen LogP contribution in [-0.4, -0.2) is 26.5 Å². The van der Waals surface area contributed by atoms with Gasteiger partial charge in [-0.1, -0.05) is 93.0 Å². The molecule has 2 saturated carbocycles. The summed E-state index contributed by atoms with van der Waals surface area (Å²) >= 11 is 0. The van der Waals surface area contributed by atoms with E-state index in [-0.39, 0.29) is 22.7 Å². The Kier molecular flexibility index (Phi) is 5.70. The van der Waals surface area contributed by atoms with E-state index in [1.165, 1.54) is 53.5 Å². The lowest BCUT2D eigenvalue weighted by molar-refractivity contribution is 0.102. The minimum atomic E-state index is -0.239. The number of aromatic nitrogens is 4. The molecule has 2 fully saturated rings. The molecule has 37 heavy (non-hydrogen) atoms. The molecule has 6 rings (SSSR count). The second kappa shape index (κ2) is 8.94. The first-order valence-electron chi connectivity index (χ1n) is 13.2. The first kappa shape index (κ1) is 23.6. The van der Waals surface area contributed by atoms with Crippen molar-refractivity contribution in [1.82, 2.24) is 20.6 Å². The molecule has 0 aliphatic heterocycles. The number of H-pyrrole nitrogens is 1. The molecule has 2 N–H and O–H groups in total. The van der Waals surface area contributed by atoms with E-state index in [9.17, 15) is 4.79 Å². The third-order valence-electron chi connectivity index (χ3n) is 8.57. The summed E-state index contributed by atoms with van der Waals surface area (Å²) in [6.45, 7) is 6.75. The lowest BCUT2D eigenvalue weighted by atomic mass is 9.64. The third kappa shape index (κ3) is 4.24. The number of nitrogens with zero attached hydrogens (tertiary/aromatic N) is 3. The highest BCUT2D eigenvalue weighted by molar-refractivity contribution is 6.03. The number of fused-ring (bicyclic) bond motifs is 2. The monoisotopic (exact) mass is 491 g/mol. The molecule has 6 nitrogen and oxygen atoms in total. The largest absolute Gasteiger partial charge is 0.288 e. The molecule has 1 heterocycles. The van der Waals surface area contributed by atoms with Gasteiger partial charge in [-0.2, -0.15) is 5.21 Å². The average Bonchev–Trinajstić information content (AvgIpc) is 3.67. The summed E-state index contributed by atoms with van der Waals surface area (Å²) in [6.07, 6.45) is 5.05. The van der Waals surface area contributed by atoms with Gasteiger partial charge in [0.1, 0.15) is 0 Å². The molecular formula is C31H33N5O. The molecule has 3 aromatic carbocycles. The number of amides is 1. The summed E-state index contributed by atoms with van der Waals surface area (Å²) in [5, 5.41) is 16.1. The Morgan fingerprint density at radius 1 is 0.892 bits per heavy atom. The molecule has 0 radical (unpaired) electrons. The number of anilines is 1. The normalized spacial score (nSPS) is 22.8. The number of carbonyl (C=O) groups excluding carboxylic acids is 1. The van der Waals surface area contributed by atoms with Gasteiger partial charge in [-0.05, 0) is 81.7 Å². The Hall–Kier alpha value is -3.80. The first-order chi connectivity index (χ1) is 17.8. The van der Waals surface area contributed by atoms with Gasteiger partial charge in [0, 0.05) is 11.0 Å². The summed E-state index contributed by atoms with van der Waals surface area (Å²) in [5.41, 5.74) is 7.27. The van der Waals surface area contributed by atoms with E-state index in [4.69, 9.17) is 0 Å². The van der Waals surface area contributed by atoms with Crippen LogP contribution in [0.2, 0.25) is 0 Å². The van der Waals surface area contributed by atoms with E-state index >= 15 is 0 Å². The van der Waals surface area contributed by atoms with E-state index in [0.29, 0.717) is 11.5 Å². The lowest BCUT2D eigenvalue weighted by Gasteiger charge is -2.39. The van der Waals surface area contributed by atoms with Crippen molar-refractivity contribution in [1.29, 1.82) is 0 Å². The molecule has 2 aliphatic rings. The van der Waals surface area contributed by atoms with E-state index in [2.05, 4.69) is 107 Å². The third-order valence-corrected chi connectivity index (χ3v) is 8.57. The highest BCUT2D eigenvalue weighted by Gasteiger charge is 2.52. The predicted octanol–water partition coefficient (Wildman–Crippen LogP) is 6.52. The van der Waals surface area contributed by atoms with Crippen molar-refractivity contribution in [2.75, 3.05) is 5.32 Å². The summed E-state index contributed by atoms with van der Waals surface area (Å²) in [4.78, 5) is 12.6. The zero-order chi connectivity index (χ0) is 25.6. The highest BCUT2D eigenvalue weighted by atomic mass is 16.1. The first-order valence-corrected chi connectivity index (χ1v) is 13.2. The van der Waals surface area contributed by atoms with Gasteiger partial charge >= 0.3 is 0 Å². The highest BCUT2D eigenvalue weighted by Crippen LogP contribution is 2.60. The maximum Gasteiger partial charge on any atom is 0.270 e.